The fourth-order valence-electron chi connectivity index (χ4n) is 3.11. The maximum Gasteiger partial charge on any atom is 0.257 e. The average molecular weight is 375 g/mol. The number of hydrogen-bond donors (Lipinski definition) is 2. The molecule has 1 aliphatic rings. The number of benzene rings is 2. The molecule has 0 radical (unpaired) electrons. The summed E-state index contributed by atoms with van der Waals surface area (Å²) < 4.78 is 6.88. The number of guanidine groups is 1. The lowest BCUT2D eigenvalue weighted by atomic mass is 10.1. The maximum atomic E-state index is 12.7. The minimum Gasteiger partial charge on any atom is -0.497 e. The second kappa shape index (κ2) is 7.19. The topological polar surface area (TPSA) is 80.5 Å². The van der Waals surface area contributed by atoms with E-state index in [1.54, 1.807) is 18.6 Å². The zero-order valence-electron chi connectivity index (χ0n) is 15.9. The van der Waals surface area contributed by atoms with E-state index in [2.05, 4.69) is 15.6 Å². The van der Waals surface area contributed by atoms with Crippen molar-refractivity contribution in [3.63, 3.8) is 0 Å². The van der Waals surface area contributed by atoms with Crippen LogP contribution in [-0.4, -0.2) is 22.6 Å². The Kier molecular flexibility index (Phi) is 4.57. The van der Waals surface area contributed by atoms with Gasteiger partial charge >= 0.3 is 0 Å². The summed E-state index contributed by atoms with van der Waals surface area (Å²) in [7, 11) is 1.61. The first kappa shape index (κ1) is 17.8. The molecular formula is C21H21N5O2. The lowest BCUT2D eigenvalue weighted by Gasteiger charge is -2.27. The summed E-state index contributed by atoms with van der Waals surface area (Å²) in [4.78, 5) is 21.9. The van der Waals surface area contributed by atoms with Crippen molar-refractivity contribution in [1.82, 2.24) is 9.55 Å². The zero-order chi connectivity index (χ0) is 19.7. The van der Waals surface area contributed by atoms with Crippen molar-refractivity contribution < 1.29 is 4.74 Å². The highest BCUT2D eigenvalue weighted by molar-refractivity contribution is 6.03. The summed E-state index contributed by atoms with van der Waals surface area (Å²) in [6.45, 7) is 3.83. The Balaban J connectivity index is 1.79. The first-order valence-electron chi connectivity index (χ1n) is 8.96. The quantitative estimate of drug-likeness (QED) is 0.734. The molecule has 0 saturated carbocycles. The van der Waals surface area contributed by atoms with Gasteiger partial charge in [0.2, 0.25) is 11.9 Å². The molecule has 3 aromatic rings. The van der Waals surface area contributed by atoms with Crippen molar-refractivity contribution in [2.24, 2.45) is 4.99 Å². The summed E-state index contributed by atoms with van der Waals surface area (Å²) >= 11 is 0. The molecule has 7 heteroatoms. The first-order valence-corrected chi connectivity index (χ1v) is 8.96. The van der Waals surface area contributed by atoms with Gasteiger partial charge in [-0.25, -0.2) is 9.98 Å². The molecule has 28 heavy (non-hydrogen) atoms. The number of nitrogens with one attached hydrogen (secondary N) is 2. The van der Waals surface area contributed by atoms with E-state index in [0.29, 0.717) is 23.4 Å². The number of aliphatic imine (C=N–C) groups is 1. The molecule has 142 valence electrons. The van der Waals surface area contributed by atoms with Crippen molar-refractivity contribution in [3.05, 3.63) is 81.8 Å². The average Bonchev–Trinajstić information content (AvgIpc) is 2.69. The summed E-state index contributed by atoms with van der Waals surface area (Å²) in [5, 5.41) is 6.40. The fourth-order valence-corrected chi connectivity index (χ4v) is 3.11. The predicted molar refractivity (Wildman–Crippen MR) is 110 cm³/mol. The van der Waals surface area contributed by atoms with E-state index in [1.807, 2.05) is 55.5 Å². The van der Waals surface area contributed by atoms with Crippen molar-refractivity contribution in [2.75, 3.05) is 17.7 Å². The van der Waals surface area contributed by atoms with Gasteiger partial charge < -0.3 is 10.1 Å². The van der Waals surface area contributed by atoms with Gasteiger partial charge in [-0.3, -0.25) is 14.7 Å². The van der Waals surface area contributed by atoms with Crippen LogP contribution in [0, 0.1) is 13.8 Å². The summed E-state index contributed by atoms with van der Waals surface area (Å²) in [6.07, 6.45) is -0.556. The van der Waals surface area contributed by atoms with Crippen molar-refractivity contribution in [2.45, 2.75) is 20.0 Å². The molecule has 0 spiro atoms. The molecular weight excluding hydrogens is 354 g/mol. The Morgan fingerprint density at radius 3 is 2.64 bits per heavy atom. The van der Waals surface area contributed by atoms with Gasteiger partial charge in [0.1, 0.15) is 5.75 Å². The van der Waals surface area contributed by atoms with Crippen LogP contribution in [0.2, 0.25) is 0 Å². The number of anilines is 2. The molecule has 0 saturated heterocycles. The molecule has 7 nitrogen and oxygen atoms in total. The Labute approximate surface area is 162 Å². The van der Waals surface area contributed by atoms with E-state index in [9.17, 15) is 4.79 Å². The first-order chi connectivity index (χ1) is 13.5. The van der Waals surface area contributed by atoms with E-state index in [4.69, 9.17) is 9.73 Å². The van der Waals surface area contributed by atoms with Gasteiger partial charge in [0, 0.05) is 23.0 Å². The number of aryl methyl sites for hydroxylation is 2. The number of fused-ring (bicyclic) bond motifs is 1. The molecule has 0 amide bonds. The molecule has 4 rings (SSSR count). The van der Waals surface area contributed by atoms with Gasteiger partial charge in [0.05, 0.1) is 7.11 Å². The smallest absolute Gasteiger partial charge is 0.257 e. The Morgan fingerprint density at radius 2 is 1.89 bits per heavy atom. The van der Waals surface area contributed by atoms with E-state index in [-0.39, 0.29) is 5.56 Å². The van der Waals surface area contributed by atoms with E-state index in [0.717, 1.165) is 11.3 Å². The fraction of sp³-hybridized carbons (Fsp3) is 0.190. The van der Waals surface area contributed by atoms with Crippen LogP contribution in [0.1, 0.15) is 23.0 Å². The molecule has 1 atom stereocenters. The third kappa shape index (κ3) is 3.46. The van der Waals surface area contributed by atoms with Crippen LogP contribution >= 0.6 is 0 Å². The number of hydrogen-bond acceptors (Lipinski definition) is 6. The lowest BCUT2D eigenvalue weighted by molar-refractivity contribution is 0.413. The number of nitrogens with zero attached hydrogens (tertiary/aromatic N) is 3. The van der Waals surface area contributed by atoms with Crippen LogP contribution in [0.25, 0.3) is 0 Å². The SMILES string of the molecule is COc1cccc([C@H]2N=C(Nc3ccc(C)cc3)Nc3nc(C)cc(=O)n32)c1. The van der Waals surface area contributed by atoms with Crippen LogP contribution in [-0.2, 0) is 0 Å². The Morgan fingerprint density at radius 1 is 1.11 bits per heavy atom. The van der Waals surface area contributed by atoms with Gasteiger partial charge in [0.15, 0.2) is 6.17 Å². The highest BCUT2D eigenvalue weighted by Crippen LogP contribution is 2.28. The lowest BCUT2D eigenvalue weighted by Crippen LogP contribution is -2.37. The van der Waals surface area contributed by atoms with E-state index in [1.165, 1.54) is 11.6 Å². The zero-order valence-corrected chi connectivity index (χ0v) is 15.9. The standard InChI is InChI=1S/C21H21N5O2/c1-13-7-9-16(10-8-13)23-20-24-19(15-5-4-6-17(12-15)28-3)26-18(27)11-14(2)22-21(26)25-20/h4-12,19H,1-3H3,(H2,22,23,24,25)/t19-/m0/s1. The third-order valence-electron chi connectivity index (χ3n) is 4.51. The van der Waals surface area contributed by atoms with Crippen LogP contribution in [0.3, 0.4) is 0 Å². The van der Waals surface area contributed by atoms with Crippen molar-refractivity contribution in [3.8, 4) is 5.75 Å². The number of methoxy groups -OCH3 is 1. The minimum absolute atomic E-state index is 0.166. The molecule has 2 aromatic carbocycles. The molecule has 0 unspecified atom stereocenters. The Hall–Kier alpha value is -3.61. The van der Waals surface area contributed by atoms with Gasteiger partial charge in [-0.1, -0.05) is 29.8 Å². The van der Waals surface area contributed by atoms with Gasteiger partial charge in [-0.2, -0.15) is 0 Å². The third-order valence-corrected chi connectivity index (χ3v) is 4.51. The van der Waals surface area contributed by atoms with E-state index < -0.39 is 6.17 Å². The summed E-state index contributed by atoms with van der Waals surface area (Å²) in [5.74, 6) is 1.67. The highest BCUT2D eigenvalue weighted by Gasteiger charge is 2.25. The van der Waals surface area contributed by atoms with Crippen LogP contribution in [0.5, 0.6) is 5.75 Å². The van der Waals surface area contributed by atoms with Crippen molar-refractivity contribution >= 4 is 17.6 Å². The summed E-state index contributed by atoms with van der Waals surface area (Å²) in [6, 6.07) is 17.0. The molecule has 2 N–H and O–H groups in total. The second-order valence-electron chi connectivity index (χ2n) is 6.67. The molecule has 1 aromatic heterocycles. The number of ether oxygens (including phenoxy) is 1. The van der Waals surface area contributed by atoms with Crippen molar-refractivity contribution in [1.29, 1.82) is 0 Å². The van der Waals surface area contributed by atoms with Gasteiger partial charge in [-0.05, 0) is 38.1 Å². The minimum atomic E-state index is -0.556. The largest absolute Gasteiger partial charge is 0.497 e. The number of rotatable bonds is 3. The predicted octanol–water partition coefficient (Wildman–Crippen LogP) is 3.31. The molecule has 1 aliphatic heterocycles. The van der Waals surface area contributed by atoms with E-state index >= 15 is 0 Å². The van der Waals surface area contributed by atoms with Gasteiger partial charge in [0.25, 0.3) is 5.56 Å². The van der Waals surface area contributed by atoms with Crippen LogP contribution in [0.4, 0.5) is 11.6 Å². The molecule has 0 bridgehead atoms. The second-order valence-corrected chi connectivity index (χ2v) is 6.67. The normalized spacial score (nSPS) is 15.2. The maximum absolute atomic E-state index is 12.7. The number of aromatic nitrogens is 2. The van der Waals surface area contributed by atoms with Gasteiger partial charge in [-0.15, -0.1) is 0 Å². The highest BCUT2D eigenvalue weighted by atomic mass is 16.5. The van der Waals surface area contributed by atoms with Crippen LogP contribution < -0.4 is 20.9 Å². The summed E-state index contributed by atoms with van der Waals surface area (Å²) in [5.41, 5.74) is 3.38. The molecule has 0 fully saturated rings. The van der Waals surface area contributed by atoms with Crippen LogP contribution in [0.15, 0.2) is 64.4 Å². The Bertz CT molecular complexity index is 1100. The molecule has 2 heterocycles. The molecule has 0 aliphatic carbocycles. The monoisotopic (exact) mass is 375 g/mol.